The molecule has 0 heterocycles. The molecule has 0 aromatic rings. The molecule has 0 spiro atoms. The van der Waals surface area contributed by atoms with Gasteiger partial charge in [-0.05, 0) is 32.1 Å². The lowest BCUT2D eigenvalue weighted by atomic mass is 10.1. The van der Waals surface area contributed by atoms with Crippen molar-refractivity contribution in [3.63, 3.8) is 0 Å². The molecule has 0 amide bonds. The number of carbonyl (C=O) groups is 2. The summed E-state index contributed by atoms with van der Waals surface area (Å²) in [6.45, 7) is 5.45. The van der Waals surface area contributed by atoms with Crippen LogP contribution in [-0.4, -0.2) is 25.2 Å². The maximum absolute atomic E-state index is 11.8. The van der Waals surface area contributed by atoms with E-state index in [0.717, 1.165) is 57.8 Å². The topological polar surface area (TPSA) is 52.6 Å². The minimum Gasteiger partial charge on any atom is -0.466 e. The lowest BCUT2D eigenvalue weighted by molar-refractivity contribution is -0.144. The summed E-state index contributed by atoms with van der Waals surface area (Å²) < 4.78 is 10.6. The summed E-state index contributed by atoms with van der Waals surface area (Å²) in [6.07, 6.45) is 30.4. The van der Waals surface area contributed by atoms with Crippen molar-refractivity contribution < 1.29 is 19.1 Å². The Labute approximate surface area is 218 Å². The van der Waals surface area contributed by atoms with Crippen LogP contribution in [0.4, 0.5) is 0 Å². The molecule has 4 nitrogen and oxygen atoms in total. The number of rotatable bonds is 27. The molecule has 0 aliphatic carbocycles. The van der Waals surface area contributed by atoms with Crippen molar-refractivity contribution in [2.45, 2.75) is 162 Å². The predicted molar refractivity (Wildman–Crippen MR) is 149 cm³/mol. The molecule has 0 unspecified atom stereocenters. The van der Waals surface area contributed by atoms with Gasteiger partial charge in [0.15, 0.2) is 0 Å². The third kappa shape index (κ3) is 28.8. The zero-order chi connectivity index (χ0) is 25.7. The molecule has 0 aliphatic heterocycles. The second-order valence-electron chi connectivity index (χ2n) is 10.0. The van der Waals surface area contributed by atoms with Gasteiger partial charge in [0.2, 0.25) is 0 Å². The summed E-state index contributed by atoms with van der Waals surface area (Å²) in [5.74, 6) is -0.138. The number of ether oxygens (including phenoxy) is 2. The van der Waals surface area contributed by atoms with Gasteiger partial charge in [-0.3, -0.25) is 9.59 Å². The van der Waals surface area contributed by atoms with Crippen LogP contribution in [0.2, 0.25) is 0 Å². The third-order valence-electron chi connectivity index (χ3n) is 6.50. The van der Waals surface area contributed by atoms with E-state index in [1.807, 2.05) is 6.08 Å². The van der Waals surface area contributed by atoms with E-state index in [1.165, 1.54) is 77.0 Å². The van der Waals surface area contributed by atoms with Crippen LogP contribution in [0.25, 0.3) is 0 Å². The van der Waals surface area contributed by atoms with Gasteiger partial charge in [-0.1, -0.05) is 129 Å². The SMILES string of the molecule is CCCCCCCCCCC/C=C/COC(=O)CCCCCCCCC(=O)OCCCCCCC. The van der Waals surface area contributed by atoms with Crippen LogP contribution >= 0.6 is 0 Å². The van der Waals surface area contributed by atoms with Crippen LogP contribution in [-0.2, 0) is 19.1 Å². The normalized spacial score (nSPS) is 11.3. The molecule has 0 N–H and O–H groups in total. The van der Waals surface area contributed by atoms with E-state index < -0.39 is 0 Å². The number of hydrogen-bond acceptors (Lipinski definition) is 4. The van der Waals surface area contributed by atoms with Crippen LogP contribution in [0.5, 0.6) is 0 Å². The summed E-state index contributed by atoms with van der Waals surface area (Å²) in [5.41, 5.74) is 0. The van der Waals surface area contributed by atoms with Crippen molar-refractivity contribution in [3.8, 4) is 0 Å². The van der Waals surface area contributed by atoms with Crippen molar-refractivity contribution in [1.82, 2.24) is 0 Å². The van der Waals surface area contributed by atoms with Crippen molar-refractivity contribution in [1.29, 1.82) is 0 Å². The van der Waals surface area contributed by atoms with Gasteiger partial charge in [0.25, 0.3) is 0 Å². The first-order valence-corrected chi connectivity index (χ1v) is 15.2. The molecule has 0 fully saturated rings. The fraction of sp³-hybridized carbons (Fsp3) is 0.871. The zero-order valence-corrected chi connectivity index (χ0v) is 23.5. The Bertz CT molecular complexity index is 486. The highest BCUT2D eigenvalue weighted by Gasteiger charge is 2.04. The predicted octanol–water partition coefficient (Wildman–Crippen LogP) is 9.64. The molecule has 0 saturated carbocycles. The molecule has 4 heteroatoms. The van der Waals surface area contributed by atoms with Crippen LogP contribution in [0.15, 0.2) is 12.2 Å². The van der Waals surface area contributed by atoms with Gasteiger partial charge >= 0.3 is 11.9 Å². The molecule has 0 aromatic carbocycles. The van der Waals surface area contributed by atoms with E-state index in [0.29, 0.717) is 26.1 Å². The summed E-state index contributed by atoms with van der Waals surface area (Å²) in [4.78, 5) is 23.5. The Kier molecular flexibility index (Phi) is 27.8. The lowest BCUT2D eigenvalue weighted by Crippen LogP contribution is -2.05. The standard InChI is InChI=1S/C31H58O4/c1-3-5-7-9-10-11-12-13-14-17-21-25-29-35-31(33)27-23-19-16-15-18-22-26-30(32)34-28-24-20-8-6-4-2/h21,25H,3-20,22-24,26-29H2,1-2H3/b25-21+. The molecule has 0 saturated heterocycles. The van der Waals surface area contributed by atoms with E-state index in [4.69, 9.17) is 9.47 Å². The minimum atomic E-state index is -0.0878. The molecule has 0 bridgehead atoms. The maximum atomic E-state index is 11.8. The van der Waals surface area contributed by atoms with Crippen molar-refractivity contribution in [2.75, 3.05) is 13.2 Å². The van der Waals surface area contributed by atoms with Crippen LogP contribution in [0.3, 0.4) is 0 Å². The summed E-state index contributed by atoms with van der Waals surface area (Å²) in [5, 5.41) is 0. The molecule has 0 aromatic heterocycles. The van der Waals surface area contributed by atoms with Crippen LogP contribution in [0.1, 0.15) is 162 Å². The van der Waals surface area contributed by atoms with E-state index in [9.17, 15) is 9.59 Å². The van der Waals surface area contributed by atoms with Gasteiger partial charge in [0.1, 0.15) is 6.61 Å². The first-order valence-electron chi connectivity index (χ1n) is 15.2. The Hall–Kier alpha value is -1.32. The number of unbranched alkanes of at least 4 members (excludes halogenated alkanes) is 18. The van der Waals surface area contributed by atoms with Crippen LogP contribution in [0, 0.1) is 0 Å². The number of hydrogen-bond donors (Lipinski definition) is 0. The molecular weight excluding hydrogens is 436 g/mol. The highest BCUT2D eigenvalue weighted by Crippen LogP contribution is 2.12. The molecular formula is C31H58O4. The second-order valence-corrected chi connectivity index (χ2v) is 10.0. The molecule has 0 atom stereocenters. The summed E-state index contributed by atoms with van der Waals surface area (Å²) >= 11 is 0. The average molecular weight is 495 g/mol. The smallest absolute Gasteiger partial charge is 0.306 e. The van der Waals surface area contributed by atoms with Gasteiger partial charge in [-0.15, -0.1) is 0 Å². The zero-order valence-electron chi connectivity index (χ0n) is 23.5. The second kappa shape index (κ2) is 28.9. The Morgan fingerprint density at radius 3 is 1.46 bits per heavy atom. The lowest BCUT2D eigenvalue weighted by Gasteiger charge is -2.05. The van der Waals surface area contributed by atoms with Gasteiger partial charge in [-0.2, -0.15) is 0 Å². The highest BCUT2D eigenvalue weighted by atomic mass is 16.5. The molecule has 0 rings (SSSR count). The van der Waals surface area contributed by atoms with E-state index in [-0.39, 0.29) is 11.9 Å². The third-order valence-corrected chi connectivity index (χ3v) is 6.50. The van der Waals surface area contributed by atoms with Gasteiger partial charge in [0, 0.05) is 12.8 Å². The van der Waals surface area contributed by atoms with Gasteiger partial charge in [0.05, 0.1) is 6.61 Å². The maximum Gasteiger partial charge on any atom is 0.306 e. The quantitative estimate of drug-likeness (QED) is 0.0648. The Morgan fingerprint density at radius 1 is 0.486 bits per heavy atom. The van der Waals surface area contributed by atoms with Crippen molar-refractivity contribution in [2.24, 2.45) is 0 Å². The summed E-state index contributed by atoms with van der Waals surface area (Å²) in [6, 6.07) is 0. The molecule has 0 aliphatic rings. The largest absolute Gasteiger partial charge is 0.466 e. The molecule has 206 valence electrons. The average Bonchev–Trinajstić information content (AvgIpc) is 2.85. The fourth-order valence-electron chi connectivity index (χ4n) is 4.18. The first kappa shape index (κ1) is 33.7. The van der Waals surface area contributed by atoms with Crippen molar-refractivity contribution in [3.05, 3.63) is 12.2 Å². The first-order chi connectivity index (χ1) is 17.2. The fourth-order valence-corrected chi connectivity index (χ4v) is 4.18. The number of esters is 2. The molecule has 35 heavy (non-hydrogen) atoms. The monoisotopic (exact) mass is 494 g/mol. The number of carbonyl (C=O) groups excluding carboxylic acids is 2. The van der Waals surface area contributed by atoms with E-state index in [1.54, 1.807) is 0 Å². The Morgan fingerprint density at radius 2 is 0.914 bits per heavy atom. The molecule has 0 radical (unpaired) electrons. The Balaban J connectivity index is 3.31. The van der Waals surface area contributed by atoms with E-state index in [2.05, 4.69) is 19.9 Å². The van der Waals surface area contributed by atoms with Gasteiger partial charge < -0.3 is 9.47 Å². The van der Waals surface area contributed by atoms with Gasteiger partial charge in [-0.25, -0.2) is 0 Å². The highest BCUT2D eigenvalue weighted by molar-refractivity contribution is 5.69. The van der Waals surface area contributed by atoms with E-state index >= 15 is 0 Å². The minimum absolute atomic E-state index is 0.0505. The van der Waals surface area contributed by atoms with Crippen LogP contribution < -0.4 is 0 Å². The number of allylic oxidation sites excluding steroid dienone is 1. The van der Waals surface area contributed by atoms with Crippen molar-refractivity contribution >= 4 is 11.9 Å². The summed E-state index contributed by atoms with van der Waals surface area (Å²) in [7, 11) is 0.